The number of benzene rings is 2. The summed E-state index contributed by atoms with van der Waals surface area (Å²) in [5.41, 5.74) is 0.249. The Balaban J connectivity index is 1.96. The monoisotopic (exact) mass is 339 g/mol. The molecule has 2 heterocycles. The SMILES string of the molecule is [2H]c1nc([2H])c(-c2nc(O)c3ccc(-c4cc(F)ccc4F)cc3n2)c([2H])c1[2H]. The van der Waals surface area contributed by atoms with Crippen molar-refractivity contribution in [2.75, 3.05) is 0 Å². The molecule has 0 fully saturated rings. The lowest BCUT2D eigenvalue weighted by molar-refractivity contribution is 0.460. The van der Waals surface area contributed by atoms with Gasteiger partial charge in [0.05, 0.1) is 16.4 Å². The number of rotatable bonds is 2. The number of hydrogen-bond acceptors (Lipinski definition) is 4. The van der Waals surface area contributed by atoms with Crippen LogP contribution in [0.3, 0.4) is 0 Å². The molecule has 0 bridgehead atoms. The molecule has 25 heavy (non-hydrogen) atoms. The van der Waals surface area contributed by atoms with Crippen molar-refractivity contribution in [1.29, 1.82) is 0 Å². The maximum atomic E-state index is 14.1. The van der Waals surface area contributed by atoms with Crippen molar-refractivity contribution in [3.63, 3.8) is 0 Å². The quantitative estimate of drug-likeness (QED) is 0.590. The third kappa shape index (κ3) is 2.78. The molecule has 1 N–H and O–H groups in total. The van der Waals surface area contributed by atoms with Crippen molar-refractivity contribution in [2.24, 2.45) is 0 Å². The highest BCUT2D eigenvalue weighted by Crippen LogP contribution is 2.30. The van der Waals surface area contributed by atoms with Crippen LogP contribution < -0.4 is 0 Å². The lowest BCUT2D eigenvalue weighted by Crippen LogP contribution is -1.93. The van der Waals surface area contributed by atoms with Crippen molar-refractivity contribution in [3.8, 4) is 28.4 Å². The number of aromatic hydroxyl groups is 1. The molecule has 4 aromatic rings. The van der Waals surface area contributed by atoms with Crippen LogP contribution in [-0.2, 0) is 0 Å². The lowest BCUT2D eigenvalue weighted by atomic mass is 10.0. The van der Waals surface area contributed by atoms with Crippen LogP contribution >= 0.6 is 0 Å². The highest BCUT2D eigenvalue weighted by molar-refractivity contribution is 5.89. The summed E-state index contributed by atoms with van der Waals surface area (Å²) >= 11 is 0. The molecule has 0 amide bonds. The Morgan fingerprint density at radius 2 is 1.88 bits per heavy atom. The summed E-state index contributed by atoms with van der Waals surface area (Å²) < 4.78 is 58.8. The molecule has 0 unspecified atom stereocenters. The number of nitrogens with zero attached hydrogens (tertiary/aromatic N) is 3. The minimum absolute atomic E-state index is 0.00239. The molecular formula is C19H11F2N3O. The summed E-state index contributed by atoms with van der Waals surface area (Å²) in [6.07, 6.45) is -1.01. The van der Waals surface area contributed by atoms with Gasteiger partial charge in [0.1, 0.15) is 11.6 Å². The third-order valence-electron chi connectivity index (χ3n) is 3.61. The number of hydrogen-bond donors (Lipinski definition) is 1. The molecule has 4 rings (SSSR count). The molecule has 0 radical (unpaired) electrons. The van der Waals surface area contributed by atoms with Crippen LogP contribution in [0, 0.1) is 11.6 Å². The molecule has 122 valence electrons. The van der Waals surface area contributed by atoms with E-state index in [1.165, 1.54) is 18.2 Å². The zero-order valence-electron chi connectivity index (χ0n) is 16.5. The number of halogens is 2. The largest absolute Gasteiger partial charge is 0.493 e. The molecule has 4 nitrogen and oxygen atoms in total. The Bertz CT molecular complexity index is 1300. The summed E-state index contributed by atoms with van der Waals surface area (Å²) in [7, 11) is 0. The van der Waals surface area contributed by atoms with Gasteiger partial charge in [-0.15, -0.1) is 0 Å². The minimum atomic E-state index is -0.639. The molecule has 0 atom stereocenters. The number of aromatic nitrogens is 3. The lowest BCUT2D eigenvalue weighted by Gasteiger charge is -2.08. The minimum Gasteiger partial charge on any atom is -0.493 e. The summed E-state index contributed by atoms with van der Waals surface area (Å²) in [4.78, 5) is 11.7. The van der Waals surface area contributed by atoms with Crippen molar-refractivity contribution >= 4 is 10.9 Å². The zero-order valence-corrected chi connectivity index (χ0v) is 12.5. The highest BCUT2D eigenvalue weighted by Gasteiger charge is 2.12. The molecule has 0 spiro atoms. The smallest absolute Gasteiger partial charge is 0.222 e. The first-order valence-corrected chi connectivity index (χ1v) is 7.17. The molecule has 0 aliphatic carbocycles. The fraction of sp³-hybridized carbons (Fsp3) is 0. The predicted molar refractivity (Wildman–Crippen MR) is 89.8 cm³/mol. The van der Waals surface area contributed by atoms with E-state index in [4.69, 9.17) is 5.48 Å². The third-order valence-corrected chi connectivity index (χ3v) is 3.61. The standard InChI is InChI=1S/C19H11F2N3O/c20-13-4-6-16(21)15(9-13)11-3-5-14-17(8-11)23-18(24-19(14)25)12-2-1-7-22-10-12/h1-10H,(H,23,24,25)/i1D,2D,7D,10D. The van der Waals surface area contributed by atoms with Gasteiger partial charge in [0, 0.05) is 23.5 Å². The van der Waals surface area contributed by atoms with Gasteiger partial charge < -0.3 is 5.11 Å². The van der Waals surface area contributed by atoms with Crippen molar-refractivity contribution in [2.45, 2.75) is 0 Å². The fourth-order valence-corrected chi connectivity index (χ4v) is 2.45. The van der Waals surface area contributed by atoms with Crippen LogP contribution in [0.4, 0.5) is 8.78 Å². The normalized spacial score (nSPS) is 13.2. The first kappa shape index (κ1) is 11.2. The van der Waals surface area contributed by atoms with Crippen molar-refractivity contribution < 1.29 is 19.4 Å². The Morgan fingerprint density at radius 1 is 1.00 bits per heavy atom. The van der Waals surface area contributed by atoms with E-state index < -0.39 is 41.9 Å². The molecule has 0 aliphatic heterocycles. The Kier molecular flexibility index (Phi) is 2.64. The Hall–Kier alpha value is -3.41. The molecule has 0 saturated heterocycles. The molecular weight excluding hydrogens is 324 g/mol. The van der Waals surface area contributed by atoms with E-state index in [1.807, 2.05) is 0 Å². The van der Waals surface area contributed by atoms with Crippen LogP contribution in [0.2, 0.25) is 0 Å². The van der Waals surface area contributed by atoms with Crippen molar-refractivity contribution in [1.82, 2.24) is 15.0 Å². The second-order valence-corrected chi connectivity index (χ2v) is 5.19. The average molecular weight is 339 g/mol. The van der Waals surface area contributed by atoms with Crippen LogP contribution in [0.1, 0.15) is 5.48 Å². The summed E-state index contributed by atoms with van der Waals surface area (Å²) in [5.74, 6) is -1.94. The van der Waals surface area contributed by atoms with E-state index in [1.54, 1.807) is 0 Å². The second-order valence-electron chi connectivity index (χ2n) is 5.19. The van der Waals surface area contributed by atoms with Gasteiger partial charge in [0.2, 0.25) is 5.88 Å². The first-order valence-electron chi connectivity index (χ1n) is 9.17. The molecule has 6 heteroatoms. The zero-order chi connectivity index (χ0) is 20.9. The van der Waals surface area contributed by atoms with Gasteiger partial charge in [-0.25, -0.2) is 13.8 Å². The van der Waals surface area contributed by atoms with E-state index in [-0.39, 0.29) is 27.9 Å². The van der Waals surface area contributed by atoms with E-state index in [0.717, 1.165) is 18.2 Å². The Morgan fingerprint density at radius 3 is 2.76 bits per heavy atom. The van der Waals surface area contributed by atoms with Gasteiger partial charge in [-0.2, -0.15) is 4.98 Å². The first-order chi connectivity index (χ1) is 13.8. The van der Waals surface area contributed by atoms with Gasteiger partial charge in [0.25, 0.3) is 0 Å². The van der Waals surface area contributed by atoms with E-state index >= 15 is 0 Å². The number of pyridine rings is 1. The summed E-state index contributed by atoms with van der Waals surface area (Å²) in [5, 5.41) is 10.5. The Labute approximate surface area is 147 Å². The topological polar surface area (TPSA) is 58.9 Å². The maximum Gasteiger partial charge on any atom is 0.222 e. The van der Waals surface area contributed by atoms with Crippen LogP contribution in [0.5, 0.6) is 5.88 Å². The predicted octanol–water partition coefficient (Wildman–Crippen LogP) is 4.34. The van der Waals surface area contributed by atoms with Crippen LogP contribution in [0.15, 0.2) is 60.8 Å². The average Bonchev–Trinajstić information content (AvgIpc) is 2.67. The fourth-order valence-electron chi connectivity index (χ4n) is 2.45. The van der Waals surface area contributed by atoms with Gasteiger partial charge >= 0.3 is 0 Å². The van der Waals surface area contributed by atoms with Gasteiger partial charge in [0.15, 0.2) is 5.82 Å². The summed E-state index contributed by atoms with van der Waals surface area (Å²) in [6.45, 7) is 0. The molecule has 2 aromatic heterocycles. The van der Waals surface area contributed by atoms with Crippen LogP contribution in [-0.4, -0.2) is 20.1 Å². The van der Waals surface area contributed by atoms with Gasteiger partial charge in [-0.3, -0.25) is 4.98 Å². The molecule has 0 aliphatic rings. The molecule has 2 aromatic carbocycles. The van der Waals surface area contributed by atoms with Crippen LogP contribution in [0.25, 0.3) is 33.4 Å². The second kappa shape index (κ2) is 5.90. The molecule has 0 saturated carbocycles. The number of fused-ring (bicyclic) bond motifs is 1. The van der Waals surface area contributed by atoms with Crippen molar-refractivity contribution in [3.05, 3.63) is 72.5 Å². The van der Waals surface area contributed by atoms with E-state index in [0.29, 0.717) is 5.56 Å². The van der Waals surface area contributed by atoms with Gasteiger partial charge in [-0.1, -0.05) is 6.07 Å². The van der Waals surface area contributed by atoms with E-state index in [9.17, 15) is 13.9 Å². The van der Waals surface area contributed by atoms with Gasteiger partial charge in [-0.05, 0) is 48.0 Å². The summed E-state index contributed by atoms with van der Waals surface area (Å²) in [6, 6.07) is 6.39. The maximum absolute atomic E-state index is 14.1. The van der Waals surface area contributed by atoms with E-state index in [2.05, 4.69) is 15.0 Å². The highest BCUT2D eigenvalue weighted by atomic mass is 19.1.